The first kappa shape index (κ1) is 14.4. The van der Waals surface area contributed by atoms with E-state index in [9.17, 15) is 4.79 Å². The van der Waals surface area contributed by atoms with Gasteiger partial charge in [0.2, 0.25) is 0 Å². The average Bonchev–Trinajstić information content (AvgIpc) is 2.14. The van der Waals surface area contributed by atoms with E-state index in [4.69, 9.17) is 5.11 Å². The molecule has 1 fully saturated rings. The Labute approximate surface area is 108 Å². The predicted molar refractivity (Wildman–Crippen MR) is 57.5 cm³/mol. The number of nitrogens with one attached hydrogen (secondary N) is 1. The van der Waals surface area contributed by atoms with Gasteiger partial charge in [0.1, 0.15) is 0 Å². The summed E-state index contributed by atoms with van der Waals surface area (Å²) < 4.78 is 0. The van der Waals surface area contributed by atoms with Crippen LogP contribution in [0.3, 0.4) is 0 Å². The van der Waals surface area contributed by atoms with Gasteiger partial charge in [0.05, 0.1) is 0 Å². The summed E-state index contributed by atoms with van der Waals surface area (Å²) >= 11 is 0. The summed E-state index contributed by atoms with van der Waals surface area (Å²) in [5.74, 6) is -0.689. The molecule has 2 N–H and O–H groups in total. The Morgan fingerprint density at radius 2 is 1.93 bits per heavy atom. The van der Waals surface area contributed by atoms with Crippen molar-refractivity contribution < 1.29 is 9.90 Å². The summed E-state index contributed by atoms with van der Waals surface area (Å²) in [4.78, 5) is 10.2. The van der Waals surface area contributed by atoms with Crippen molar-refractivity contribution in [2.75, 3.05) is 6.54 Å². The van der Waals surface area contributed by atoms with E-state index in [1.54, 1.807) is 0 Å². The fourth-order valence-corrected chi connectivity index (χ4v) is 1.85. The minimum Gasteiger partial charge on any atom is -0.481 e. The fourth-order valence-electron chi connectivity index (χ4n) is 1.85. The molecule has 4 heteroatoms. The van der Waals surface area contributed by atoms with E-state index in [0.717, 1.165) is 13.0 Å². The van der Waals surface area contributed by atoms with Crippen molar-refractivity contribution in [3.05, 3.63) is 0 Å². The van der Waals surface area contributed by atoms with E-state index in [1.165, 1.54) is 32.1 Å². The van der Waals surface area contributed by atoms with Crippen molar-refractivity contribution in [1.82, 2.24) is 5.32 Å². The molecule has 1 aliphatic carbocycles. The largest absolute Gasteiger partial charge is 0.481 e. The van der Waals surface area contributed by atoms with Gasteiger partial charge in [0, 0.05) is 42.0 Å². The molecule has 0 aromatic carbocycles. The molecule has 0 aliphatic heterocycles. The molecule has 1 rings (SSSR count). The van der Waals surface area contributed by atoms with Crippen LogP contribution in [-0.2, 0) is 4.79 Å². The standard InChI is InChI=1S/C10H19NO2.Na/c12-10(13)7-4-8-11-9-5-2-1-3-6-9;/h9,11H,1-8H2,(H,12,13);. The maximum absolute atomic E-state index is 10.2. The van der Waals surface area contributed by atoms with Crippen LogP contribution in [0.15, 0.2) is 0 Å². The van der Waals surface area contributed by atoms with Crippen LogP contribution < -0.4 is 5.32 Å². The number of rotatable bonds is 5. The molecule has 1 aliphatic rings. The minimum atomic E-state index is -0.689. The maximum Gasteiger partial charge on any atom is 0.303 e. The van der Waals surface area contributed by atoms with Crippen LogP contribution in [0, 0.1) is 0 Å². The summed E-state index contributed by atoms with van der Waals surface area (Å²) in [7, 11) is 0. The first-order valence-corrected chi connectivity index (χ1v) is 5.24. The smallest absolute Gasteiger partial charge is 0.303 e. The molecule has 1 radical (unpaired) electrons. The van der Waals surface area contributed by atoms with Crippen molar-refractivity contribution >= 4 is 35.5 Å². The van der Waals surface area contributed by atoms with Gasteiger partial charge in [-0.2, -0.15) is 0 Å². The molecule has 3 nitrogen and oxygen atoms in total. The van der Waals surface area contributed by atoms with Gasteiger partial charge in [0.15, 0.2) is 0 Å². The van der Waals surface area contributed by atoms with Crippen LogP contribution in [0.5, 0.6) is 0 Å². The second-order valence-corrected chi connectivity index (χ2v) is 3.79. The molecule has 0 aromatic rings. The van der Waals surface area contributed by atoms with E-state index in [-0.39, 0.29) is 29.6 Å². The third kappa shape index (κ3) is 6.82. The van der Waals surface area contributed by atoms with Crippen LogP contribution in [0.1, 0.15) is 44.9 Å². The van der Waals surface area contributed by atoms with E-state index in [2.05, 4.69) is 5.32 Å². The molecule has 0 amide bonds. The Bertz CT molecular complexity index is 158. The molecule has 0 unspecified atom stereocenters. The summed E-state index contributed by atoms with van der Waals surface area (Å²) in [6, 6.07) is 0.655. The zero-order chi connectivity index (χ0) is 9.52. The van der Waals surface area contributed by atoms with E-state index in [1.807, 2.05) is 0 Å². The van der Waals surface area contributed by atoms with Crippen molar-refractivity contribution in [2.24, 2.45) is 0 Å². The number of carboxylic acids is 1. The summed E-state index contributed by atoms with van der Waals surface area (Å²) in [5.41, 5.74) is 0. The molecule has 0 heterocycles. The second-order valence-electron chi connectivity index (χ2n) is 3.79. The Kier molecular flexibility index (Phi) is 8.98. The van der Waals surface area contributed by atoms with Gasteiger partial charge in [-0.3, -0.25) is 4.79 Å². The molecule has 77 valence electrons. The van der Waals surface area contributed by atoms with Gasteiger partial charge >= 0.3 is 5.97 Å². The van der Waals surface area contributed by atoms with E-state index in [0.29, 0.717) is 12.5 Å². The van der Waals surface area contributed by atoms with Gasteiger partial charge in [-0.15, -0.1) is 0 Å². The zero-order valence-electron chi connectivity index (χ0n) is 9.09. The maximum atomic E-state index is 10.2. The molecule has 0 bridgehead atoms. The van der Waals surface area contributed by atoms with Crippen LogP contribution in [0.2, 0.25) is 0 Å². The van der Waals surface area contributed by atoms with Crippen LogP contribution >= 0.6 is 0 Å². The Balaban J connectivity index is 0.00000169. The van der Waals surface area contributed by atoms with Crippen molar-refractivity contribution in [1.29, 1.82) is 0 Å². The summed E-state index contributed by atoms with van der Waals surface area (Å²) in [6.45, 7) is 0.858. The molecule has 14 heavy (non-hydrogen) atoms. The zero-order valence-corrected chi connectivity index (χ0v) is 11.1. The normalized spacial score (nSPS) is 17.4. The molecule has 0 atom stereocenters. The topological polar surface area (TPSA) is 49.3 Å². The third-order valence-electron chi connectivity index (χ3n) is 2.61. The predicted octanol–water partition coefficient (Wildman–Crippen LogP) is 1.39. The number of carbonyl (C=O) groups is 1. The third-order valence-corrected chi connectivity index (χ3v) is 2.61. The molecular weight excluding hydrogens is 189 g/mol. The van der Waals surface area contributed by atoms with Gasteiger partial charge in [-0.05, 0) is 25.8 Å². The molecule has 1 saturated carbocycles. The number of hydrogen-bond acceptors (Lipinski definition) is 2. The Morgan fingerprint density at radius 1 is 1.29 bits per heavy atom. The van der Waals surface area contributed by atoms with Gasteiger partial charge in [-0.1, -0.05) is 19.3 Å². The van der Waals surface area contributed by atoms with Crippen LogP contribution in [0.25, 0.3) is 0 Å². The van der Waals surface area contributed by atoms with E-state index < -0.39 is 5.97 Å². The van der Waals surface area contributed by atoms with Crippen LogP contribution in [0.4, 0.5) is 0 Å². The Morgan fingerprint density at radius 3 is 2.50 bits per heavy atom. The van der Waals surface area contributed by atoms with Crippen molar-refractivity contribution in [2.45, 2.75) is 51.0 Å². The van der Waals surface area contributed by atoms with E-state index >= 15 is 0 Å². The molecule has 0 aromatic heterocycles. The number of aliphatic carboxylic acids is 1. The number of hydrogen-bond donors (Lipinski definition) is 2. The summed E-state index contributed by atoms with van der Waals surface area (Å²) in [6.07, 6.45) is 7.62. The van der Waals surface area contributed by atoms with Gasteiger partial charge < -0.3 is 10.4 Å². The first-order chi connectivity index (χ1) is 6.29. The first-order valence-electron chi connectivity index (χ1n) is 5.24. The molecule has 0 saturated heterocycles. The van der Waals surface area contributed by atoms with Crippen LogP contribution in [-0.4, -0.2) is 53.2 Å². The van der Waals surface area contributed by atoms with Gasteiger partial charge in [-0.25, -0.2) is 0 Å². The molecule has 0 spiro atoms. The summed E-state index contributed by atoms with van der Waals surface area (Å²) in [5, 5.41) is 11.8. The van der Waals surface area contributed by atoms with Gasteiger partial charge in [0.25, 0.3) is 0 Å². The monoisotopic (exact) mass is 208 g/mol. The van der Waals surface area contributed by atoms with Crippen molar-refractivity contribution in [3.8, 4) is 0 Å². The Hall–Kier alpha value is 0.430. The van der Waals surface area contributed by atoms with Crippen molar-refractivity contribution in [3.63, 3.8) is 0 Å². The minimum absolute atomic E-state index is 0. The molecular formula is C10H19NNaO2. The second kappa shape index (κ2) is 8.72. The quantitative estimate of drug-likeness (QED) is 0.530. The fraction of sp³-hybridized carbons (Fsp3) is 0.900. The average molecular weight is 208 g/mol. The number of carboxylic acid groups (broad SMARTS) is 1. The SMILES string of the molecule is O=C(O)CCCNC1CCCCC1.[Na].